The van der Waals surface area contributed by atoms with Gasteiger partial charge in [0.15, 0.2) is 11.6 Å². The first-order valence-corrected chi connectivity index (χ1v) is 12.6. The van der Waals surface area contributed by atoms with Crippen molar-refractivity contribution in [2.24, 2.45) is 0 Å². The van der Waals surface area contributed by atoms with Crippen molar-refractivity contribution < 1.29 is 9.53 Å². The molecule has 4 rings (SSSR count). The summed E-state index contributed by atoms with van der Waals surface area (Å²) in [6.07, 6.45) is 13.3. The number of hydrogen-bond acceptors (Lipinski definition) is 5. The largest absolute Gasteiger partial charge is 0.495 e. The molecule has 7 nitrogen and oxygen atoms in total. The molecular weight excluding hydrogens is 462 g/mol. The van der Waals surface area contributed by atoms with Crippen LogP contribution in [0.4, 0.5) is 0 Å². The molecule has 0 bridgehead atoms. The van der Waals surface area contributed by atoms with Crippen LogP contribution >= 0.6 is 11.6 Å². The number of amides is 1. The molecule has 1 aliphatic carbocycles. The van der Waals surface area contributed by atoms with E-state index in [0.29, 0.717) is 48.0 Å². The Morgan fingerprint density at radius 3 is 2.63 bits per heavy atom. The van der Waals surface area contributed by atoms with Crippen molar-refractivity contribution in [2.45, 2.75) is 58.0 Å². The van der Waals surface area contributed by atoms with E-state index < -0.39 is 0 Å². The number of carbonyl (C=O) groups is 1. The smallest absolute Gasteiger partial charge is 0.226 e. The van der Waals surface area contributed by atoms with Gasteiger partial charge >= 0.3 is 0 Å². The van der Waals surface area contributed by atoms with Gasteiger partial charge in [-0.25, -0.2) is 9.67 Å². The summed E-state index contributed by atoms with van der Waals surface area (Å²) in [4.78, 5) is 24.1. The van der Waals surface area contributed by atoms with Crippen molar-refractivity contribution >= 4 is 17.5 Å². The molecule has 0 saturated heterocycles. The first-order valence-electron chi connectivity index (χ1n) is 12.2. The molecule has 35 heavy (non-hydrogen) atoms. The van der Waals surface area contributed by atoms with Gasteiger partial charge in [0, 0.05) is 42.5 Å². The first kappa shape index (κ1) is 24.9. The number of carbonyl (C=O) groups excluding carboxylic acids is 1. The molecule has 2 aromatic heterocycles. The maximum absolute atomic E-state index is 13.1. The zero-order valence-electron chi connectivity index (χ0n) is 20.4. The topological polar surface area (TPSA) is 73.1 Å². The van der Waals surface area contributed by atoms with E-state index in [-0.39, 0.29) is 5.91 Å². The zero-order chi connectivity index (χ0) is 24.6. The van der Waals surface area contributed by atoms with E-state index in [2.05, 4.69) is 18.0 Å². The molecule has 0 atom stereocenters. The SMILES string of the molecule is CCC=CCC(=O)N(CCn1nc(-c2ccncc2)nc1-c1ccc(OC)c(Cl)c1)C1CCCC1. The van der Waals surface area contributed by atoms with Crippen molar-refractivity contribution in [3.8, 4) is 28.5 Å². The fourth-order valence-electron chi connectivity index (χ4n) is 4.54. The van der Waals surface area contributed by atoms with Crippen LogP contribution in [0.25, 0.3) is 22.8 Å². The highest BCUT2D eigenvalue weighted by Gasteiger charge is 2.26. The molecule has 0 aliphatic heterocycles. The Labute approximate surface area is 211 Å². The molecule has 3 aromatic rings. The van der Waals surface area contributed by atoms with Gasteiger partial charge in [0.1, 0.15) is 5.75 Å². The summed E-state index contributed by atoms with van der Waals surface area (Å²) in [5.41, 5.74) is 1.72. The van der Waals surface area contributed by atoms with Crippen LogP contribution in [0.5, 0.6) is 5.75 Å². The van der Waals surface area contributed by atoms with E-state index in [1.165, 1.54) is 12.8 Å². The normalized spacial score (nSPS) is 14.0. The number of pyridine rings is 1. The van der Waals surface area contributed by atoms with Crippen LogP contribution in [0.2, 0.25) is 5.02 Å². The lowest BCUT2D eigenvalue weighted by Gasteiger charge is -2.29. The molecule has 0 unspecified atom stereocenters. The highest BCUT2D eigenvalue weighted by molar-refractivity contribution is 6.32. The number of nitrogens with zero attached hydrogens (tertiary/aromatic N) is 5. The van der Waals surface area contributed by atoms with Crippen LogP contribution in [0, 0.1) is 0 Å². The highest BCUT2D eigenvalue weighted by atomic mass is 35.5. The number of aromatic nitrogens is 4. The Morgan fingerprint density at radius 2 is 1.94 bits per heavy atom. The average Bonchev–Trinajstić information content (AvgIpc) is 3.56. The predicted octanol–water partition coefficient (Wildman–Crippen LogP) is 5.80. The molecule has 1 aliphatic rings. The third-order valence-corrected chi connectivity index (χ3v) is 6.65. The van der Waals surface area contributed by atoms with Crippen LogP contribution in [0.1, 0.15) is 45.4 Å². The minimum atomic E-state index is 0.171. The lowest BCUT2D eigenvalue weighted by molar-refractivity contribution is -0.132. The van der Waals surface area contributed by atoms with E-state index in [0.717, 1.165) is 30.4 Å². The summed E-state index contributed by atoms with van der Waals surface area (Å²) in [5, 5.41) is 5.32. The van der Waals surface area contributed by atoms with Gasteiger partial charge < -0.3 is 9.64 Å². The Balaban J connectivity index is 1.63. The van der Waals surface area contributed by atoms with Crippen LogP contribution in [-0.4, -0.2) is 50.3 Å². The Kier molecular flexibility index (Phi) is 8.53. The molecule has 1 saturated carbocycles. The van der Waals surface area contributed by atoms with Gasteiger partial charge in [-0.1, -0.05) is 43.5 Å². The minimum absolute atomic E-state index is 0.171. The monoisotopic (exact) mass is 493 g/mol. The fraction of sp³-hybridized carbons (Fsp3) is 0.407. The molecule has 0 spiro atoms. The predicted molar refractivity (Wildman–Crippen MR) is 138 cm³/mol. The number of hydrogen-bond donors (Lipinski definition) is 0. The average molecular weight is 494 g/mol. The maximum atomic E-state index is 13.1. The molecule has 1 amide bonds. The Bertz CT molecular complexity index is 1160. The zero-order valence-corrected chi connectivity index (χ0v) is 21.1. The summed E-state index contributed by atoms with van der Waals surface area (Å²) in [6.45, 7) is 3.20. The van der Waals surface area contributed by atoms with E-state index in [4.69, 9.17) is 26.4 Å². The van der Waals surface area contributed by atoms with Crippen molar-refractivity contribution in [3.05, 3.63) is 59.9 Å². The highest BCUT2D eigenvalue weighted by Crippen LogP contribution is 2.31. The van der Waals surface area contributed by atoms with Crippen LogP contribution in [0.3, 0.4) is 0 Å². The second-order valence-electron chi connectivity index (χ2n) is 8.68. The summed E-state index contributed by atoms with van der Waals surface area (Å²) in [7, 11) is 1.59. The number of allylic oxidation sites excluding steroid dienone is 1. The van der Waals surface area contributed by atoms with Crippen molar-refractivity contribution in [1.29, 1.82) is 0 Å². The van der Waals surface area contributed by atoms with Crippen LogP contribution in [0.15, 0.2) is 54.9 Å². The van der Waals surface area contributed by atoms with Gasteiger partial charge in [-0.05, 0) is 49.6 Å². The van der Waals surface area contributed by atoms with Crippen molar-refractivity contribution in [2.75, 3.05) is 13.7 Å². The second kappa shape index (κ2) is 12.0. The van der Waals surface area contributed by atoms with E-state index in [1.807, 2.05) is 46.0 Å². The molecule has 8 heteroatoms. The number of rotatable bonds is 10. The van der Waals surface area contributed by atoms with Gasteiger partial charge in [0.2, 0.25) is 5.91 Å². The van der Waals surface area contributed by atoms with Gasteiger partial charge in [-0.2, -0.15) is 5.10 Å². The molecular formula is C27H32ClN5O2. The Morgan fingerprint density at radius 1 is 1.17 bits per heavy atom. The lowest BCUT2D eigenvalue weighted by atomic mass is 10.2. The van der Waals surface area contributed by atoms with Crippen molar-refractivity contribution in [1.82, 2.24) is 24.6 Å². The molecule has 184 valence electrons. The minimum Gasteiger partial charge on any atom is -0.495 e. The molecule has 1 aromatic carbocycles. The van der Waals surface area contributed by atoms with E-state index in [9.17, 15) is 4.79 Å². The Hall–Kier alpha value is -3.19. The van der Waals surface area contributed by atoms with Crippen molar-refractivity contribution in [3.63, 3.8) is 0 Å². The third-order valence-electron chi connectivity index (χ3n) is 6.35. The quantitative estimate of drug-likeness (QED) is 0.334. The van der Waals surface area contributed by atoms with Crippen LogP contribution in [-0.2, 0) is 11.3 Å². The number of methoxy groups -OCH3 is 1. The van der Waals surface area contributed by atoms with Crippen LogP contribution < -0.4 is 4.74 Å². The number of ether oxygens (including phenoxy) is 1. The fourth-order valence-corrected chi connectivity index (χ4v) is 4.80. The molecule has 1 fully saturated rings. The number of halogens is 1. The molecule has 0 radical (unpaired) electrons. The summed E-state index contributed by atoms with van der Waals surface area (Å²) in [6, 6.07) is 9.66. The van der Waals surface area contributed by atoms with Gasteiger partial charge in [0.25, 0.3) is 0 Å². The number of benzene rings is 1. The standard InChI is InChI=1S/C27H32ClN5O2/c1-3-4-5-10-25(34)32(22-8-6-7-9-22)17-18-33-27(21-11-12-24(35-2)23(28)19-21)30-26(31-33)20-13-15-29-16-14-20/h4-5,11-16,19,22H,3,6-10,17-18H2,1-2H3. The molecule has 2 heterocycles. The maximum Gasteiger partial charge on any atom is 0.226 e. The second-order valence-corrected chi connectivity index (χ2v) is 9.08. The third kappa shape index (κ3) is 6.09. The van der Waals surface area contributed by atoms with E-state index >= 15 is 0 Å². The first-order chi connectivity index (χ1) is 17.1. The summed E-state index contributed by atoms with van der Waals surface area (Å²) < 4.78 is 7.19. The van der Waals surface area contributed by atoms with Gasteiger partial charge in [0.05, 0.1) is 18.7 Å². The van der Waals surface area contributed by atoms with Gasteiger partial charge in [-0.3, -0.25) is 9.78 Å². The lowest BCUT2D eigenvalue weighted by Crippen LogP contribution is -2.40. The van der Waals surface area contributed by atoms with E-state index in [1.54, 1.807) is 19.5 Å². The summed E-state index contributed by atoms with van der Waals surface area (Å²) in [5.74, 6) is 2.09. The molecule has 0 N–H and O–H groups in total. The van der Waals surface area contributed by atoms with Gasteiger partial charge in [-0.15, -0.1) is 0 Å². The summed E-state index contributed by atoms with van der Waals surface area (Å²) >= 11 is 6.42.